The highest BCUT2D eigenvalue weighted by Crippen LogP contribution is 2.18. The summed E-state index contributed by atoms with van der Waals surface area (Å²) in [6, 6.07) is 0. The quantitative estimate of drug-likeness (QED) is 0.758. The lowest BCUT2D eigenvalue weighted by Crippen LogP contribution is -2.39. The SMILES string of the molecule is CC.CC(C)(CO)CN1CCCCC1. The van der Waals surface area contributed by atoms with Gasteiger partial charge in [0.15, 0.2) is 0 Å². The molecule has 1 aliphatic heterocycles. The summed E-state index contributed by atoms with van der Waals surface area (Å²) in [6.07, 6.45) is 4.05. The summed E-state index contributed by atoms with van der Waals surface area (Å²) in [6.45, 7) is 12.0. The fraction of sp³-hybridized carbons (Fsp3) is 1.00. The third-order valence-electron chi connectivity index (χ3n) is 2.53. The van der Waals surface area contributed by atoms with Gasteiger partial charge in [0.25, 0.3) is 0 Å². The number of rotatable bonds is 3. The van der Waals surface area contributed by atoms with Gasteiger partial charge >= 0.3 is 0 Å². The van der Waals surface area contributed by atoms with Crippen LogP contribution in [0.1, 0.15) is 47.0 Å². The van der Waals surface area contributed by atoms with Crippen LogP contribution in [0.3, 0.4) is 0 Å². The molecule has 1 aliphatic rings. The lowest BCUT2D eigenvalue weighted by molar-refractivity contribution is 0.0924. The zero-order valence-electron chi connectivity index (χ0n) is 10.3. The molecule has 0 amide bonds. The molecule has 0 bridgehead atoms. The second kappa shape index (κ2) is 7.24. The number of hydrogen-bond acceptors (Lipinski definition) is 2. The molecule has 1 N–H and O–H groups in total. The van der Waals surface area contributed by atoms with Crippen molar-refractivity contribution in [2.24, 2.45) is 5.41 Å². The van der Waals surface area contributed by atoms with E-state index in [4.69, 9.17) is 5.11 Å². The normalized spacial score (nSPS) is 18.6. The van der Waals surface area contributed by atoms with Gasteiger partial charge in [-0.1, -0.05) is 34.1 Å². The Labute approximate surface area is 89.3 Å². The molecule has 0 aromatic carbocycles. The van der Waals surface area contributed by atoms with Crippen molar-refractivity contribution in [2.75, 3.05) is 26.2 Å². The molecule has 0 saturated carbocycles. The van der Waals surface area contributed by atoms with Crippen LogP contribution in [0.15, 0.2) is 0 Å². The van der Waals surface area contributed by atoms with Gasteiger partial charge in [0.2, 0.25) is 0 Å². The molecule has 2 heteroatoms. The average molecular weight is 201 g/mol. The number of likely N-dealkylation sites (tertiary alicyclic amines) is 1. The van der Waals surface area contributed by atoms with Crippen LogP contribution >= 0.6 is 0 Å². The maximum atomic E-state index is 9.10. The van der Waals surface area contributed by atoms with E-state index in [0.717, 1.165) is 6.54 Å². The van der Waals surface area contributed by atoms with Crippen LogP contribution in [-0.4, -0.2) is 36.2 Å². The molecule has 0 spiro atoms. The van der Waals surface area contributed by atoms with Crippen molar-refractivity contribution in [3.8, 4) is 0 Å². The van der Waals surface area contributed by atoms with E-state index in [1.54, 1.807) is 0 Å². The monoisotopic (exact) mass is 201 g/mol. The molecule has 1 saturated heterocycles. The van der Waals surface area contributed by atoms with Gasteiger partial charge < -0.3 is 10.0 Å². The summed E-state index contributed by atoms with van der Waals surface area (Å²) in [5.74, 6) is 0. The van der Waals surface area contributed by atoms with E-state index < -0.39 is 0 Å². The third kappa shape index (κ3) is 5.61. The number of aliphatic hydroxyl groups excluding tert-OH is 1. The first kappa shape index (κ1) is 13.9. The van der Waals surface area contributed by atoms with Crippen LogP contribution in [0, 0.1) is 5.41 Å². The molecule has 0 radical (unpaired) electrons. The Kier molecular flexibility index (Phi) is 7.20. The van der Waals surface area contributed by atoms with Crippen molar-refractivity contribution >= 4 is 0 Å². The van der Waals surface area contributed by atoms with E-state index >= 15 is 0 Å². The Bertz CT molecular complexity index is 128. The summed E-state index contributed by atoms with van der Waals surface area (Å²) in [7, 11) is 0. The van der Waals surface area contributed by atoms with E-state index in [-0.39, 0.29) is 5.41 Å². The Morgan fingerprint density at radius 3 is 2.00 bits per heavy atom. The van der Waals surface area contributed by atoms with E-state index in [1.807, 2.05) is 13.8 Å². The van der Waals surface area contributed by atoms with Crippen molar-refractivity contribution < 1.29 is 5.11 Å². The first-order chi connectivity index (χ1) is 6.64. The molecular weight excluding hydrogens is 174 g/mol. The molecule has 0 unspecified atom stereocenters. The Morgan fingerprint density at radius 1 is 1.07 bits per heavy atom. The minimum absolute atomic E-state index is 0.0807. The van der Waals surface area contributed by atoms with Crippen molar-refractivity contribution in [3.63, 3.8) is 0 Å². The zero-order valence-corrected chi connectivity index (χ0v) is 10.3. The summed E-state index contributed by atoms with van der Waals surface area (Å²) >= 11 is 0. The van der Waals surface area contributed by atoms with Crippen molar-refractivity contribution in [2.45, 2.75) is 47.0 Å². The molecule has 2 nitrogen and oxygen atoms in total. The fourth-order valence-electron chi connectivity index (χ4n) is 1.77. The van der Waals surface area contributed by atoms with Crippen molar-refractivity contribution in [1.29, 1.82) is 0 Å². The van der Waals surface area contributed by atoms with Gasteiger partial charge in [-0.15, -0.1) is 0 Å². The van der Waals surface area contributed by atoms with E-state index in [2.05, 4.69) is 18.7 Å². The number of piperidine rings is 1. The molecule has 86 valence electrons. The minimum atomic E-state index is 0.0807. The van der Waals surface area contributed by atoms with Crippen molar-refractivity contribution in [1.82, 2.24) is 4.90 Å². The van der Waals surface area contributed by atoms with E-state index in [1.165, 1.54) is 32.4 Å². The van der Waals surface area contributed by atoms with Gasteiger partial charge in [0, 0.05) is 18.6 Å². The highest BCUT2D eigenvalue weighted by Gasteiger charge is 2.21. The van der Waals surface area contributed by atoms with Crippen LogP contribution in [-0.2, 0) is 0 Å². The third-order valence-corrected chi connectivity index (χ3v) is 2.53. The molecule has 14 heavy (non-hydrogen) atoms. The first-order valence-corrected chi connectivity index (χ1v) is 5.97. The summed E-state index contributed by atoms with van der Waals surface area (Å²) in [4.78, 5) is 2.47. The van der Waals surface area contributed by atoms with Crippen LogP contribution in [0.25, 0.3) is 0 Å². The molecular formula is C12H27NO. The predicted octanol–water partition coefficient (Wildman–Crippen LogP) is 2.52. The number of aliphatic hydroxyl groups is 1. The standard InChI is InChI=1S/C10H21NO.C2H6/c1-10(2,9-12)8-11-6-4-3-5-7-11;1-2/h12H,3-9H2,1-2H3;1-2H3. The lowest BCUT2D eigenvalue weighted by atomic mass is 9.93. The molecule has 1 heterocycles. The minimum Gasteiger partial charge on any atom is -0.396 e. The Hall–Kier alpha value is -0.0800. The number of nitrogens with zero attached hydrogens (tertiary/aromatic N) is 1. The van der Waals surface area contributed by atoms with Gasteiger partial charge in [-0.3, -0.25) is 0 Å². The van der Waals surface area contributed by atoms with Gasteiger partial charge in [-0.25, -0.2) is 0 Å². The van der Waals surface area contributed by atoms with Gasteiger partial charge in [-0.05, 0) is 25.9 Å². The zero-order chi connectivity index (χ0) is 11.0. The van der Waals surface area contributed by atoms with E-state index in [9.17, 15) is 0 Å². The second-order valence-corrected chi connectivity index (χ2v) is 4.66. The Balaban J connectivity index is 0.000000791. The molecule has 0 atom stereocenters. The van der Waals surface area contributed by atoms with E-state index in [0.29, 0.717) is 6.61 Å². The largest absolute Gasteiger partial charge is 0.396 e. The van der Waals surface area contributed by atoms with Crippen LogP contribution in [0.4, 0.5) is 0 Å². The molecule has 0 aromatic rings. The maximum absolute atomic E-state index is 9.10. The molecule has 0 aliphatic carbocycles. The highest BCUT2D eigenvalue weighted by molar-refractivity contribution is 4.74. The maximum Gasteiger partial charge on any atom is 0.0494 e. The first-order valence-electron chi connectivity index (χ1n) is 5.97. The average Bonchev–Trinajstić information content (AvgIpc) is 2.22. The summed E-state index contributed by atoms with van der Waals surface area (Å²) in [5, 5.41) is 9.10. The molecule has 1 fully saturated rings. The highest BCUT2D eigenvalue weighted by atomic mass is 16.3. The van der Waals surface area contributed by atoms with Gasteiger partial charge in [-0.2, -0.15) is 0 Å². The van der Waals surface area contributed by atoms with Crippen LogP contribution in [0.2, 0.25) is 0 Å². The summed E-state index contributed by atoms with van der Waals surface area (Å²) < 4.78 is 0. The Morgan fingerprint density at radius 2 is 1.57 bits per heavy atom. The summed E-state index contributed by atoms with van der Waals surface area (Å²) in [5.41, 5.74) is 0.0807. The van der Waals surface area contributed by atoms with Crippen LogP contribution < -0.4 is 0 Å². The van der Waals surface area contributed by atoms with Crippen LogP contribution in [0.5, 0.6) is 0 Å². The van der Waals surface area contributed by atoms with Gasteiger partial charge in [0.05, 0.1) is 0 Å². The topological polar surface area (TPSA) is 23.5 Å². The lowest BCUT2D eigenvalue weighted by Gasteiger charge is -2.33. The fourth-order valence-corrected chi connectivity index (χ4v) is 1.77. The van der Waals surface area contributed by atoms with Crippen molar-refractivity contribution in [3.05, 3.63) is 0 Å². The van der Waals surface area contributed by atoms with Gasteiger partial charge in [0.1, 0.15) is 0 Å². The molecule has 1 rings (SSSR count). The predicted molar refractivity (Wildman–Crippen MR) is 62.5 cm³/mol. The smallest absolute Gasteiger partial charge is 0.0494 e. The molecule has 0 aromatic heterocycles. The second-order valence-electron chi connectivity index (χ2n) is 4.66. The number of hydrogen-bond donors (Lipinski definition) is 1.